The number of hydrogen-bond donors (Lipinski definition) is 1. The Morgan fingerprint density at radius 2 is 1.78 bits per heavy atom. The smallest absolute Gasteiger partial charge is 0.326 e. The first-order valence-corrected chi connectivity index (χ1v) is 12.7. The molecule has 0 spiro atoms. The minimum atomic E-state index is -0.499. The highest BCUT2D eigenvalue weighted by molar-refractivity contribution is 7.98. The van der Waals surface area contributed by atoms with Crippen molar-refractivity contribution >= 4 is 29.1 Å². The Hall–Kier alpha value is -4.04. The third-order valence-corrected chi connectivity index (χ3v) is 6.95. The zero-order chi connectivity index (χ0) is 25.2. The Bertz CT molecular complexity index is 1430. The van der Waals surface area contributed by atoms with Gasteiger partial charge in [-0.25, -0.2) is 4.79 Å². The van der Waals surface area contributed by atoms with Gasteiger partial charge in [0.2, 0.25) is 5.82 Å². The van der Waals surface area contributed by atoms with E-state index in [1.807, 2.05) is 92.9 Å². The first-order chi connectivity index (χ1) is 17.5. The van der Waals surface area contributed by atoms with E-state index >= 15 is 0 Å². The number of hydrogen-bond acceptors (Lipinski definition) is 6. The van der Waals surface area contributed by atoms with Gasteiger partial charge < -0.3 is 14.6 Å². The average Bonchev–Trinajstić information content (AvgIpc) is 3.39. The van der Waals surface area contributed by atoms with Crippen LogP contribution in [0.25, 0.3) is 17.0 Å². The Labute approximate surface area is 214 Å². The van der Waals surface area contributed by atoms with Gasteiger partial charge in [0.05, 0.1) is 24.4 Å². The Balaban J connectivity index is 1.63. The SMILES string of the molecule is COc1cccc(C2NC(=O)N(c3ccc(C)cc3)C(C)=C2c2nc(-c3ccc(SC)cc3)no2)c1. The number of benzene rings is 3. The molecule has 2 amide bonds. The molecule has 36 heavy (non-hydrogen) atoms. The number of allylic oxidation sites excluding steroid dienone is 1. The van der Waals surface area contributed by atoms with Crippen LogP contribution >= 0.6 is 11.8 Å². The van der Waals surface area contributed by atoms with Crippen molar-refractivity contribution in [1.29, 1.82) is 0 Å². The van der Waals surface area contributed by atoms with E-state index in [9.17, 15) is 4.79 Å². The highest BCUT2D eigenvalue weighted by Crippen LogP contribution is 2.39. The van der Waals surface area contributed by atoms with Gasteiger partial charge >= 0.3 is 6.03 Å². The second-order valence-electron chi connectivity index (χ2n) is 8.48. The first kappa shape index (κ1) is 23.7. The summed E-state index contributed by atoms with van der Waals surface area (Å²) < 4.78 is 11.2. The van der Waals surface area contributed by atoms with E-state index < -0.39 is 6.04 Å². The molecular formula is C28H26N4O3S. The number of rotatable bonds is 6. The largest absolute Gasteiger partial charge is 0.497 e. The first-order valence-electron chi connectivity index (χ1n) is 11.5. The van der Waals surface area contributed by atoms with Crippen molar-refractivity contribution in [2.45, 2.75) is 24.8 Å². The normalized spacial score (nSPS) is 15.7. The molecule has 2 heterocycles. The lowest BCUT2D eigenvalue weighted by Crippen LogP contribution is -2.46. The van der Waals surface area contributed by atoms with Gasteiger partial charge in [-0.05, 0) is 74.2 Å². The molecule has 1 atom stereocenters. The Morgan fingerprint density at radius 1 is 1.03 bits per heavy atom. The molecular weight excluding hydrogens is 472 g/mol. The van der Waals surface area contributed by atoms with Gasteiger partial charge in [-0.2, -0.15) is 4.98 Å². The van der Waals surface area contributed by atoms with Gasteiger partial charge in [0, 0.05) is 16.2 Å². The summed E-state index contributed by atoms with van der Waals surface area (Å²) in [6.45, 7) is 3.91. The third kappa shape index (κ3) is 4.47. The van der Waals surface area contributed by atoms with Gasteiger partial charge in [-0.3, -0.25) is 4.90 Å². The molecule has 1 unspecified atom stereocenters. The molecule has 1 aliphatic heterocycles. The Morgan fingerprint density at radius 3 is 2.47 bits per heavy atom. The average molecular weight is 499 g/mol. The van der Waals surface area contributed by atoms with Crippen LogP contribution in [0.2, 0.25) is 0 Å². The zero-order valence-corrected chi connectivity index (χ0v) is 21.3. The summed E-state index contributed by atoms with van der Waals surface area (Å²) in [6, 6.07) is 22.7. The summed E-state index contributed by atoms with van der Waals surface area (Å²) in [4.78, 5) is 20.9. The number of carbonyl (C=O) groups is 1. The molecule has 8 heteroatoms. The molecule has 0 saturated heterocycles. The fraction of sp³-hybridized carbons (Fsp3) is 0.179. The molecule has 1 N–H and O–H groups in total. The van der Waals surface area contributed by atoms with Gasteiger partial charge in [0.15, 0.2) is 0 Å². The van der Waals surface area contributed by atoms with Crippen molar-refractivity contribution in [3.63, 3.8) is 0 Å². The summed E-state index contributed by atoms with van der Waals surface area (Å²) >= 11 is 1.67. The third-order valence-electron chi connectivity index (χ3n) is 6.21. The predicted molar refractivity (Wildman–Crippen MR) is 142 cm³/mol. The number of ether oxygens (including phenoxy) is 1. The van der Waals surface area contributed by atoms with Gasteiger partial charge in [-0.1, -0.05) is 35.0 Å². The van der Waals surface area contributed by atoms with Crippen LogP contribution in [0.3, 0.4) is 0 Å². The van der Waals surface area contributed by atoms with E-state index in [1.165, 1.54) is 0 Å². The lowest BCUT2D eigenvalue weighted by molar-refractivity contribution is 0.244. The number of thioether (sulfide) groups is 1. The number of aryl methyl sites for hydroxylation is 1. The zero-order valence-electron chi connectivity index (χ0n) is 20.5. The van der Waals surface area contributed by atoms with Gasteiger partial charge in [0.25, 0.3) is 5.89 Å². The maximum atomic E-state index is 13.4. The minimum absolute atomic E-state index is 0.236. The molecule has 0 aliphatic carbocycles. The second-order valence-corrected chi connectivity index (χ2v) is 9.36. The van der Waals surface area contributed by atoms with Crippen molar-refractivity contribution in [2.24, 2.45) is 0 Å². The fourth-order valence-electron chi connectivity index (χ4n) is 4.29. The molecule has 0 fully saturated rings. The fourth-order valence-corrected chi connectivity index (χ4v) is 4.69. The maximum Gasteiger partial charge on any atom is 0.326 e. The summed E-state index contributed by atoms with van der Waals surface area (Å²) in [6.07, 6.45) is 2.03. The second kappa shape index (κ2) is 9.91. The number of anilines is 1. The molecule has 1 aliphatic rings. The standard InChI is InChI=1S/C28H26N4O3S/c1-17-8-12-21(13-9-17)32-18(2)24(25(29-28(32)33)20-6-5-7-22(16-20)34-3)27-30-26(31-35-27)19-10-14-23(36-4)15-11-19/h5-16,25H,1-4H3,(H,29,33). The number of amides is 2. The number of nitrogens with one attached hydrogen (secondary N) is 1. The van der Waals surface area contributed by atoms with Crippen LogP contribution in [0.5, 0.6) is 5.75 Å². The number of aromatic nitrogens is 2. The van der Waals surface area contributed by atoms with Crippen LogP contribution in [0.1, 0.15) is 30.0 Å². The number of urea groups is 1. The number of methoxy groups -OCH3 is 1. The van der Waals surface area contributed by atoms with E-state index in [4.69, 9.17) is 14.2 Å². The molecule has 3 aromatic carbocycles. The molecule has 4 aromatic rings. The molecule has 0 saturated carbocycles. The van der Waals surface area contributed by atoms with Crippen molar-refractivity contribution in [2.75, 3.05) is 18.3 Å². The lowest BCUT2D eigenvalue weighted by Gasteiger charge is -2.35. The van der Waals surface area contributed by atoms with E-state index in [2.05, 4.69) is 10.5 Å². The predicted octanol–water partition coefficient (Wildman–Crippen LogP) is 6.48. The van der Waals surface area contributed by atoms with Crippen LogP contribution < -0.4 is 15.0 Å². The van der Waals surface area contributed by atoms with E-state index in [0.29, 0.717) is 23.2 Å². The summed E-state index contributed by atoms with van der Waals surface area (Å²) in [5.41, 5.74) is 5.01. The van der Waals surface area contributed by atoms with Crippen LogP contribution in [0, 0.1) is 6.92 Å². The highest BCUT2D eigenvalue weighted by atomic mass is 32.2. The van der Waals surface area contributed by atoms with Crippen LogP contribution in [-0.2, 0) is 0 Å². The van der Waals surface area contributed by atoms with Gasteiger partial charge in [0.1, 0.15) is 5.75 Å². The maximum absolute atomic E-state index is 13.4. The molecule has 182 valence electrons. The monoisotopic (exact) mass is 498 g/mol. The number of carbonyl (C=O) groups excluding carboxylic acids is 1. The van der Waals surface area contributed by atoms with E-state index in [-0.39, 0.29) is 6.03 Å². The summed E-state index contributed by atoms with van der Waals surface area (Å²) in [5.74, 6) is 1.53. The summed E-state index contributed by atoms with van der Waals surface area (Å²) in [5, 5.41) is 7.39. The van der Waals surface area contributed by atoms with Crippen molar-refractivity contribution in [3.05, 3.63) is 95.5 Å². The summed E-state index contributed by atoms with van der Waals surface area (Å²) in [7, 11) is 1.62. The highest BCUT2D eigenvalue weighted by Gasteiger charge is 2.36. The molecule has 0 radical (unpaired) electrons. The van der Waals surface area contributed by atoms with Crippen LogP contribution in [0.15, 0.2) is 87.9 Å². The topological polar surface area (TPSA) is 80.5 Å². The van der Waals surface area contributed by atoms with E-state index in [1.54, 1.807) is 23.8 Å². The van der Waals surface area contributed by atoms with Gasteiger partial charge in [-0.15, -0.1) is 11.8 Å². The molecule has 5 rings (SSSR count). The Kier molecular flexibility index (Phi) is 6.52. The lowest BCUT2D eigenvalue weighted by atomic mass is 9.94. The molecule has 0 bridgehead atoms. The van der Waals surface area contributed by atoms with Crippen LogP contribution in [-0.4, -0.2) is 29.5 Å². The molecule has 1 aromatic heterocycles. The molecule has 7 nitrogen and oxygen atoms in total. The van der Waals surface area contributed by atoms with Crippen molar-refractivity contribution < 1.29 is 14.1 Å². The number of nitrogens with zero attached hydrogens (tertiary/aromatic N) is 3. The van der Waals surface area contributed by atoms with Crippen molar-refractivity contribution in [3.8, 4) is 17.1 Å². The van der Waals surface area contributed by atoms with Crippen molar-refractivity contribution in [1.82, 2.24) is 15.5 Å². The quantitative estimate of drug-likeness (QED) is 0.307. The van der Waals surface area contributed by atoms with E-state index in [0.717, 1.165) is 32.8 Å². The minimum Gasteiger partial charge on any atom is -0.497 e. The van der Waals surface area contributed by atoms with Crippen LogP contribution in [0.4, 0.5) is 10.5 Å².